The quantitative estimate of drug-likeness (QED) is 0.855. The van der Waals surface area contributed by atoms with Crippen molar-refractivity contribution in [2.75, 3.05) is 5.75 Å². The summed E-state index contributed by atoms with van der Waals surface area (Å²) in [6, 6.07) is 16.6. The van der Waals surface area contributed by atoms with Gasteiger partial charge >= 0.3 is 0 Å². The Bertz CT molecular complexity index is 625. The third-order valence-electron chi connectivity index (χ3n) is 3.62. The third kappa shape index (κ3) is 4.92. The summed E-state index contributed by atoms with van der Waals surface area (Å²) in [5.41, 5.74) is 4.89. The zero-order chi connectivity index (χ0) is 15.9. The van der Waals surface area contributed by atoms with E-state index in [0.29, 0.717) is 5.75 Å². The molecule has 1 unspecified atom stereocenters. The summed E-state index contributed by atoms with van der Waals surface area (Å²) in [7, 11) is 0. The van der Waals surface area contributed by atoms with Crippen LogP contribution in [-0.2, 0) is 10.5 Å². The second-order valence-electron chi connectivity index (χ2n) is 5.63. The summed E-state index contributed by atoms with van der Waals surface area (Å²) in [5.74, 6) is 1.45. The number of benzene rings is 2. The van der Waals surface area contributed by atoms with E-state index in [9.17, 15) is 4.79 Å². The second-order valence-corrected chi connectivity index (χ2v) is 6.61. The Morgan fingerprint density at radius 1 is 1.14 bits per heavy atom. The van der Waals surface area contributed by atoms with Crippen LogP contribution in [0.4, 0.5) is 0 Å². The second kappa shape index (κ2) is 8.04. The van der Waals surface area contributed by atoms with Crippen LogP contribution in [0.3, 0.4) is 0 Å². The highest BCUT2D eigenvalue weighted by molar-refractivity contribution is 7.99. The van der Waals surface area contributed by atoms with E-state index in [1.807, 2.05) is 25.1 Å². The summed E-state index contributed by atoms with van der Waals surface area (Å²) >= 11 is 1.65. The SMILES string of the molecule is Cc1ccc(C)c(C(C)NC(=O)CSCc2ccccc2)c1. The van der Waals surface area contributed by atoms with Crippen LogP contribution in [0.5, 0.6) is 0 Å². The van der Waals surface area contributed by atoms with Crippen molar-refractivity contribution in [2.45, 2.75) is 32.6 Å². The van der Waals surface area contributed by atoms with Gasteiger partial charge in [0.25, 0.3) is 0 Å². The summed E-state index contributed by atoms with van der Waals surface area (Å²) < 4.78 is 0. The molecule has 0 fully saturated rings. The highest BCUT2D eigenvalue weighted by Crippen LogP contribution is 2.19. The number of nitrogens with one attached hydrogen (secondary N) is 1. The number of carbonyl (C=O) groups excluding carboxylic acids is 1. The van der Waals surface area contributed by atoms with Crippen molar-refractivity contribution in [3.8, 4) is 0 Å². The first-order valence-corrected chi connectivity index (χ1v) is 8.70. The molecule has 116 valence electrons. The fraction of sp³-hybridized carbons (Fsp3) is 0.316. The summed E-state index contributed by atoms with van der Waals surface area (Å²) in [6.45, 7) is 6.20. The molecule has 0 aliphatic heterocycles. The Morgan fingerprint density at radius 3 is 2.59 bits per heavy atom. The van der Waals surface area contributed by atoms with Gasteiger partial charge in [0.05, 0.1) is 11.8 Å². The monoisotopic (exact) mass is 313 g/mol. The molecule has 0 spiro atoms. The van der Waals surface area contributed by atoms with Crippen molar-refractivity contribution >= 4 is 17.7 Å². The van der Waals surface area contributed by atoms with Crippen molar-refractivity contribution in [2.24, 2.45) is 0 Å². The molecule has 0 saturated carbocycles. The molecule has 1 atom stereocenters. The molecule has 0 radical (unpaired) electrons. The van der Waals surface area contributed by atoms with Gasteiger partial charge in [-0.05, 0) is 37.5 Å². The van der Waals surface area contributed by atoms with E-state index in [0.717, 1.165) is 5.75 Å². The van der Waals surface area contributed by atoms with Crippen LogP contribution < -0.4 is 5.32 Å². The molecular formula is C19H23NOS. The largest absolute Gasteiger partial charge is 0.349 e. The highest BCUT2D eigenvalue weighted by Gasteiger charge is 2.11. The van der Waals surface area contributed by atoms with Gasteiger partial charge in [-0.25, -0.2) is 0 Å². The van der Waals surface area contributed by atoms with Gasteiger partial charge in [-0.3, -0.25) is 4.79 Å². The molecule has 0 aromatic heterocycles. The molecule has 1 N–H and O–H groups in total. The fourth-order valence-corrected chi connectivity index (χ4v) is 3.22. The first-order valence-electron chi connectivity index (χ1n) is 7.54. The Morgan fingerprint density at radius 2 is 1.86 bits per heavy atom. The summed E-state index contributed by atoms with van der Waals surface area (Å²) in [6.07, 6.45) is 0. The number of carbonyl (C=O) groups is 1. The lowest BCUT2D eigenvalue weighted by molar-refractivity contribution is -0.119. The molecular weight excluding hydrogens is 290 g/mol. The number of rotatable bonds is 6. The van der Waals surface area contributed by atoms with Gasteiger partial charge in [0.15, 0.2) is 0 Å². The minimum atomic E-state index is 0.0460. The lowest BCUT2D eigenvalue weighted by Gasteiger charge is -2.17. The molecule has 0 aliphatic carbocycles. The normalized spacial score (nSPS) is 12.0. The van der Waals surface area contributed by atoms with E-state index in [1.54, 1.807) is 11.8 Å². The molecule has 1 amide bonds. The lowest BCUT2D eigenvalue weighted by atomic mass is 10.00. The van der Waals surface area contributed by atoms with Crippen molar-refractivity contribution in [3.05, 3.63) is 70.8 Å². The van der Waals surface area contributed by atoms with Crippen LogP contribution in [0.1, 0.15) is 35.2 Å². The van der Waals surface area contributed by atoms with Gasteiger partial charge in [-0.2, -0.15) is 0 Å². The Hall–Kier alpha value is -1.74. The van der Waals surface area contributed by atoms with Crippen molar-refractivity contribution in [1.82, 2.24) is 5.32 Å². The Balaban J connectivity index is 1.82. The predicted octanol–water partition coefficient (Wildman–Crippen LogP) is 4.41. The molecule has 0 saturated heterocycles. The first kappa shape index (κ1) is 16.6. The number of hydrogen-bond acceptors (Lipinski definition) is 2. The molecule has 0 aliphatic rings. The molecule has 22 heavy (non-hydrogen) atoms. The Labute approximate surface area is 137 Å². The maximum absolute atomic E-state index is 12.1. The van der Waals surface area contributed by atoms with Crippen LogP contribution in [-0.4, -0.2) is 11.7 Å². The van der Waals surface area contributed by atoms with Crippen LogP contribution >= 0.6 is 11.8 Å². The molecule has 2 aromatic carbocycles. The topological polar surface area (TPSA) is 29.1 Å². The van der Waals surface area contributed by atoms with Crippen molar-refractivity contribution in [1.29, 1.82) is 0 Å². The highest BCUT2D eigenvalue weighted by atomic mass is 32.2. The van der Waals surface area contributed by atoms with Gasteiger partial charge in [0.2, 0.25) is 5.91 Å². The standard InChI is InChI=1S/C19H23NOS/c1-14-9-10-15(2)18(11-14)16(3)20-19(21)13-22-12-17-7-5-4-6-8-17/h4-11,16H,12-13H2,1-3H3,(H,20,21). The third-order valence-corrected chi connectivity index (χ3v) is 4.63. The number of hydrogen-bond donors (Lipinski definition) is 1. The van der Waals surface area contributed by atoms with Crippen LogP contribution in [0.2, 0.25) is 0 Å². The first-order chi connectivity index (χ1) is 10.6. The Kier molecular flexibility index (Phi) is 6.08. The maximum atomic E-state index is 12.1. The van der Waals surface area contributed by atoms with E-state index in [2.05, 4.69) is 49.5 Å². The summed E-state index contributed by atoms with van der Waals surface area (Å²) in [5, 5.41) is 3.09. The number of amides is 1. The zero-order valence-corrected chi connectivity index (χ0v) is 14.2. The minimum absolute atomic E-state index is 0.0460. The molecule has 2 rings (SSSR count). The van der Waals surface area contributed by atoms with E-state index in [1.165, 1.54) is 22.3 Å². The average molecular weight is 313 g/mol. The molecule has 3 heteroatoms. The fourth-order valence-electron chi connectivity index (χ4n) is 2.42. The van der Waals surface area contributed by atoms with E-state index >= 15 is 0 Å². The maximum Gasteiger partial charge on any atom is 0.230 e. The molecule has 2 aromatic rings. The molecule has 0 bridgehead atoms. The van der Waals surface area contributed by atoms with Crippen molar-refractivity contribution in [3.63, 3.8) is 0 Å². The molecule has 0 heterocycles. The van der Waals surface area contributed by atoms with E-state index in [4.69, 9.17) is 0 Å². The van der Waals surface area contributed by atoms with Crippen LogP contribution in [0.15, 0.2) is 48.5 Å². The molecule has 2 nitrogen and oxygen atoms in total. The van der Waals surface area contributed by atoms with Gasteiger partial charge in [-0.1, -0.05) is 54.1 Å². The predicted molar refractivity (Wildman–Crippen MR) is 95.1 cm³/mol. The summed E-state index contributed by atoms with van der Waals surface area (Å²) in [4.78, 5) is 12.1. The van der Waals surface area contributed by atoms with E-state index in [-0.39, 0.29) is 11.9 Å². The zero-order valence-electron chi connectivity index (χ0n) is 13.4. The number of thioether (sulfide) groups is 1. The lowest BCUT2D eigenvalue weighted by Crippen LogP contribution is -2.28. The van der Waals surface area contributed by atoms with Gasteiger partial charge < -0.3 is 5.32 Å². The van der Waals surface area contributed by atoms with Crippen molar-refractivity contribution < 1.29 is 4.79 Å². The van der Waals surface area contributed by atoms with Crippen LogP contribution in [0, 0.1) is 13.8 Å². The van der Waals surface area contributed by atoms with Gasteiger partial charge in [0, 0.05) is 5.75 Å². The average Bonchev–Trinajstić information content (AvgIpc) is 2.50. The smallest absolute Gasteiger partial charge is 0.230 e. The number of aryl methyl sites for hydroxylation is 2. The minimum Gasteiger partial charge on any atom is -0.349 e. The van der Waals surface area contributed by atoms with Gasteiger partial charge in [-0.15, -0.1) is 11.8 Å². The van der Waals surface area contributed by atoms with Gasteiger partial charge in [0.1, 0.15) is 0 Å². The van der Waals surface area contributed by atoms with Crippen LogP contribution in [0.25, 0.3) is 0 Å². The van der Waals surface area contributed by atoms with E-state index < -0.39 is 0 Å².